The second-order valence-corrected chi connectivity index (χ2v) is 5.38. The van der Waals surface area contributed by atoms with Crippen LogP contribution in [0.5, 0.6) is 0 Å². The van der Waals surface area contributed by atoms with Crippen LogP contribution >= 0.6 is 0 Å². The summed E-state index contributed by atoms with van der Waals surface area (Å²) in [5.74, 6) is 1.18. The van der Waals surface area contributed by atoms with Gasteiger partial charge in [-0.25, -0.2) is 0 Å². The van der Waals surface area contributed by atoms with E-state index in [2.05, 4.69) is 10.1 Å². The van der Waals surface area contributed by atoms with Crippen molar-refractivity contribution in [3.8, 4) is 0 Å². The Bertz CT molecular complexity index is 886. The van der Waals surface area contributed by atoms with E-state index in [1.165, 1.54) is 0 Å². The van der Waals surface area contributed by atoms with Crippen LogP contribution in [0.1, 0.15) is 45.7 Å². The minimum atomic E-state index is 0.0492. The Hall–Kier alpha value is -3.01. The molecule has 1 aliphatic rings. The Kier molecular flexibility index (Phi) is 3.15. The van der Waals surface area contributed by atoms with Gasteiger partial charge in [-0.15, -0.1) is 0 Å². The molecule has 4 nitrogen and oxygen atoms in total. The molecular weight excluding hydrogens is 288 g/mol. The van der Waals surface area contributed by atoms with E-state index in [0.29, 0.717) is 22.8 Å². The first-order chi connectivity index (χ1) is 11.3. The van der Waals surface area contributed by atoms with Gasteiger partial charge in [0.1, 0.15) is 0 Å². The molecule has 1 aliphatic carbocycles. The smallest absolute Gasteiger partial charge is 0.251 e. The zero-order chi connectivity index (χ0) is 15.8. The molecule has 1 heterocycles. The predicted molar refractivity (Wildman–Crippen MR) is 87.0 cm³/mol. The molecule has 1 aromatic heterocycles. The maximum Gasteiger partial charge on any atom is 0.251 e. The molecule has 0 fully saturated rings. The molecule has 3 aromatic rings. The predicted octanol–water partition coefficient (Wildman–Crippen LogP) is 3.77. The third-order valence-corrected chi connectivity index (χ3v) is 3.99. The van der Waals surface area contributed by atoms with Crippen LogP contribution in [0.4, 0.5) is 0 Å². The highest BCUT2D eigenvalue weighted by atomic mass is 16.5. The van der Waals surface area contributed by atoms with Crippen molar-refractivity contribution < 1.29 is 9.32 Å². The largest absolute Gasteiger partial charge is 0.335 e. The number of ketones is 1. The van der Waals surface area contributed by atoms with Gasteiger partial charge in [0.15, 0.2) is 11.6 Å². The number of fused-ring (bicyclic) bond motifs is 2. The molecule has 0 saturated heterocycles. The Morgan fingerprint density at radius 3 is 2.04 bits per heavy atom. The molecular formula is C19H14N2O2. The summed E-state index contributed by atoms with van der Waals surface area (Å²) < 4.78 is 5.29. The fraction of sp³-hybridized carbons (Fsp3) is 0.105. The van der Waals surface area contributed by atoms with Crippen LogP contribution in [0.2, 0.25) is 0 Å². The summed E-state index contributed by atoms with van der Waals surface area (Å²) in [5.41, 5.74) is 4.13. The van der Waals surface area contributed by atoms with E-state index in [-0.39, 0.29) is 5.78 Å². The van der Waals surface area contributed by atoms with Crippen molar-refractivity contribution in [3.63, 3.8) is 0 Å². The standard InChI is InChI=1S/C19H14N2O2/c1-2-17-20-18(23-21-17)11-16-12-7-3-5-9-14(12)19(22)15-10-6-4-8-13(15)16/h3-11H,2H2,1H3. The summed E-state index contributed by atoms with van der Waals surface area (Å²) in [6, 6.07) is 15.2. The molecule has 0 atom stereocenters. The van der Waals surface area contributed by atoms with Crippen molar-refractivity contribution >= 4 is 17.4 Å². The van der Waals surface area contributed by atoms with E-state index in [4.69, 9.17) is 4.52 Å². The number of carbonyl (C=O) groups is 1. The second-order valence-electron chi connectivity index (χ2n) is 5.38. The van der Waals surface area contributed by atoms with Gasteiger partial charge in [0.05, 0.1) is 0 Å². The van der Waals surface area contributed by atoms with Gasteiger partial charge in [-0.3, -0.25) is 4.79 Å². The monoisotopic (exact) mass is 302 g/mol. The molecule has 23 heavy (non-hydrogen) atoms. The van der Waals surface area contributed by atoms with Gasteiger partial charge in [-0.2, -0.15) is 4.98 Å². The highest BCUT2D eigenvalue weighted by Crippen LogP contribution is 2.36. The van der Waals surface area contributed by atoms with Gasteiger partial charge >= 0.3 is 0 Å². The Balaban J connectivity index is 1.96. The van der Waals surface area contributed by atoms with Crippen LogP contribution < -0.4 is 0 Å². The molecule has 4 rings (SSSR count). The fourth-order valence-electron chi connectivity index (χ4n) is 2.87. The molecule has 0 unspecified atom stereocenters. The molecule has 0 bridgehead atoms. The first-order valence-electron chi connectivity index (χ1n) is 7.55. The minimum Gasteiger partial charge on any atom is -0.335 e. The summed E-state index contributed by atoms with van der Waals surface area (Å²) in [6.45, 7) is 1.98. The Morgan fingerprint density at radius 1 is 0.957 bits per heavy atom. The number of benzene rings is 2. The molecule has 0 aliphatic heterocycles. The van der Waals surface area contributed by atoms with Crippen LogP contribution in [-0.2, 0) is 6.42 Å². The SMILES string of the molecule is CCc1noc(C=C2c3ccccc3C(=O)c3ccccc32)n1. The average Bonchev–Trinajstić information content (AvgIpc) is 3.06. The van der Waals surface area contributed by atoms with Crippen LogP contribution in [0.15, 0.2) is 53.1 Å². The van der Waals surface area contributed by atoms with Crippen molar-refractivity contribution in [2.45, 2.75) is 13.3 Å². The van der Waals surface area contributed by atoms with Crippen molar-refractivity contribution in [1.82, 2.24) is 10.1 Å². The van der Waals surface area contributed by atoms with Crippen molar-refractivity contribution in [1.29, 1.82) is 0 Å². The second kappa shape index (κ2) is 5.32. The molecule has 0 N–H and O–H groups in total. The molecule has 0 saturated carbocycles. The fourth-order valence-corrected chi connectivity index (χ4v) is 2.87. The first kappa shape index (κ1) is 13.6. The molecule has 0 radical (unpaired) electrons. The minimum absolute atomic E-state index is 0.0492. The van der Waals surface area contributed by atoms with Crippen LogP contribution in [-0.4, -0.2) is 15.9 Å². The number of hydrogen-bond acceptors (Lipinski definition) is 4. The number of rotatable bonds is 2. The zero-order valence-corrected chi connectivity index (χ0v) is 12.6. The number of aromatic nitrogens is 2. The highest BCUT2D eigenvalue weighted by Gasteiger charge is 2.26. The van der Waals surface area contributed by atoms with Crippen LogP contribution in [0.3, 0.4) is 0 Å². The summed E-state index contributed by atoms with van der Waals surface area (Å²) in [4.78, 5) is 17.0. The Morgan fingerprint density at radius 2 is 1.52 bits per heavy atom. The molecule has 112 valence electrons. The summed E-state index contributed by atoms with van der Waals surface area (Å²) in [5, 5.41) is 3.93. The lowest BCUT2D eigenvalue weighted by atomic mass is 9.81. The summed E-state index contributed by atoms with van der Waals surface area (Å²) in [7, 11) is 0. The molecule has 0 amide bonds. The summed E-state index contributed by atoms with van der Waals surface area (Å²) in [6.07, 6.45) is 2.58. The van der Waals surface area contributed by atoms with E-state index in [1.54, 1.807) is 0 Å². The van der Waals surface area contributed by atoms with Crippen molar-refractivity contribution in [2.75, 3.05) is 0 Å². The lowest BCUT2D eigenvalue weighted by Gasteiger charge is -2.21. The van der Waals surface area contributed by atoms with Crippen LogP contribution in [0, 0.1) is 0 Å². The number of nitrogens with zero attached hydrogens (tertiary/aromatic N) is 2. The van der Waals surface area contributed by atoms with Gasteiger partial charge < -0.3 is 4.52 Å². The number of hydrogen-bond donors (Lipinski definition) is 0. The van der Waals surface area contributed by atoms with Crippen molar-refractivity contribution in [3.05, 3.63) is 82.5 Å². The van der Waals surface area contributed by atoms with E-state index < -0.39 is 0 Å². The third-order valence-electron chi connectivity index (χ3n) is 3.99. The third kappa shape index (κ3) is 2.19. The van der Waals surface area contributed by atoms with Gasteiger partial charge in [-0.1, -0.05) is 60.6 Å². The van der Waals surface area contributed by atoms with Crippen molar-refractivity contribution in [2.24, 2.45) is 0 Å². The zero-order valence-electron chi connectivity index (χ0n) is 12.6. The molecule has 2 aromatic carbocycles. The average molecular weight is 302 g/mol. The van der Waals surface area contributed by atoms with Gasteiger partial charge in [0, 0.05) is 23.6 Å². The Labute approximate surface area is 133 Å². The van der Waals surface area contributed by atoms with Gasteiger partial charge in [0.2, 0.25) is 0 Å². The molecule has 4 heteroatoms. The number of aryl methyl sites for hydroxylation is 1. The number of carbonyl (C=O) groups excluding carboxylic acids is 1. The maximum absolute atomic E-state index is 12.7. The van der Waals surface area contributed by atoms with Crippen LogP contribution in [0.25, 0.3) is 11.6 Å². The normalized spacial score (nSPS) is 12.7. The maximum atomic E-state index is 12.7. The van der Waals surface area contributed by atoms with Gasteiger partial charge in [0.25, 0.3) is 5.89 Å². The highest BCUT2D eigenvalue weighted by molar-refractivity contribution is 6.20. The topological polar surface area (TPSA) is 56.0 Å². The van der Waals surface area contributed by atoms with E-state index in [1.807, 2.05) is 61.5 Å². The lowest BCUT2D eigenvalue weighted by Crippen LogP contribution is -2.14. The van der Waals surface area contributed by atoms with E-state index >= 15 is 0 Å². The molecule has 0 spiro atoms. The van der Waals surface area contributed by atoms with E-state index in [9.17, 15) is 4.79 Å². The summed E-state index contributed by atoms with van der Waals surface area (Å²) >= 11 is 0. The van der Waals surface area contributed by atoms with Gasteiger partial charge in [-0.05, 0) is 16.7 Å². The van der Waals surface area contributed by atoms with E-state index in [0.717, 1.165) is 23.1 Å². The lowest BCUT2D eigenvalue weighted by molar-refractivity contribution is 0.103. The quantitative estimate of drug-likeness (QED) is 0.565. The first-order valence-corrected chi connectivity index (χ1v) is 7.55.